The Morgan fingerprint density at radius 1 is 0.960 bits per heavy atom. The van der Waals surface area contributed by atoms with Gasteiger partial charge in [0.1, 0.15) is 11.8 Å². The van der Waals surface area contributed by atoms with E-state index < -0.39 is 0 Å². The van der Waals surface area contributed by atoms with Crippen molar-refractivity contribution >= 4 is 10.9 Å². The Bertz CT molecular complexity index is 1120. The molecule has 0 bridgehead atoms. The highest BCUT2D eigenvalue weighted by Crippen LogP contribution is 2.30. The quantitative estimate of drug-likeness (QED) is 0.561. The molecule has 0 aliphatic carbocycles. The average molecular weight is 325 g/mol. The summed E-state index contributed by atoms with van der Waals surface area (Å²) in [6.07, 6.45) is 5.65. The maximum absolute atomic E-state index is 9.16. The summed E-state index contributed by atoms with van der Waals surface area (Å²) in [5.74, 6) is 0. The molecule has 0 N–H and O–H groups in total. The summed E-state index contributed by atoms with van der Waals surface area (Å²) in [6.45, 7) is 1.95. The monoisotopic (exact) mass is 325 g/mol. The van der Waals surface area contributed by atoms with Crippen LogP contribution in [0.3, 0.4) is 0 Å². The van der Waals surface area contributed by atoms with Crippen LogP contribution in [0.5, 0.6) is 0 Å². The predicted molar refractivity (Wildman–Crippen MR) is 96.6 cm³/mol. The Morgan fingerprint density at radius 2 is 1.72 bits per heavy atom. The summed E-state index contributed by atoms with van der Waals surface area (Å²) in [7, 11) is 1.90. The largest absolute Gasteiger partial charge is 0.275 e. The Balaban J connectivity index is 1.84. The molecule has 4 rings (SSSR count). The number of fused-ring (bicyclic) bond motifs is 1. The molecule has 0 saturated heterocycles. The minimum atomic E-state index is 0.409. The molecule has 4 aromatic rings. The molecule has 0 amide bonds. The number of benzene rings is 1. The molecule has 0 aliphatic rings. The average Bonchev–Trinajstić information content (AvgIpc) is 3.08. The van der Waals surface area contributed by atoms with Gasteiger partial charge in [-0.25, -0.2) is 4.98 Å². The van der Waals surface area contributed by atoms with E-state index >= 15 is 0 Å². The van der Waals surface area contributed by atoms with E-state index in [0.29, 0.717) is 5.69 Å². The lowest BCUT2D eigenvalue weighted by atomic mass is 10.0. The van der Waals surface area contributed by atoms with Gasteiger partial charge in [0.2, 0.25) is 0 Å². The Kier molecular flexibility index (Phi) is 3.51. The number of aryl methyl sites for hydroxylation is 2. The highest BCUT2D eigenvalue weighted by Gasteiger charge is 2.10. The molecule has 0 aliphatic heterocycles. The topological polar surface area (TPSA) is 67.4 Å². The smallest absolute Gasteiger partial charge is 0.141 e. The first-order valence-electron chi connectivity index (χ1n) is 7.91. The predicted octanol–water partition coefficient (Wildman–Crippen LogP) is 3.88. The fraction of sp³-hybridized carbons (Fsp3) is 0.100. The number of nitriles is 1. The normalized spacial score (nSPS) is 10.8. The second kappa shape index (κ2) is 5.84. The number of nitrogens with zero attached hydrogens (tertiary/aromatic N) is 5. The number of aromatic nitrogens is 4. The molecule has 3 aromatic heterocycles. The van der Waals surface area contributed by atoms with E-state index in [1.807, 2.05) is 38.6 Å². The Labute approximate surface area is 145 Å². The molecule has 0 fully saturated rings. The fourth-order valence-corrected chi connectivity index (χ4v) is 2.93. The van der Waals surface area contributed by atoms with E-state index in [2.05, 4.69) is 45.4 Å². The molecule has 0 spiro atoms. The Morgan fingerprint density at radius 3 is 2.40 bits per heavy atom. The van der Waals surface area contributed by atoms with Gasteiger partial charge in [-0.2, -0.15) is 10.4 Å². The van der Waals surface area contributed by atoms with Crippen molar-refractivity contribution in [2.24, 2.45) is 7.05 Å². The van der Waals surface area contributed by atoms with Crippen molar-refractivity contribution in [2.75, 3.05) is 0 Å². The van der Waals surface area contributed by atoms with Crippen LogP contribution < -0.4 is 0 Å². The van der Waals surface area contributed by atoms with Crippen LogP contribution in [0.2, 0.25) is 0 Å². The molecule has 1 aromatic carbocycles. The van der Waals surface area contributed by atoms with Crippen molar-refractivity contribution in [2.45, 2.75) is 6.92 Å². The lowest BCUT2D eigenvalue weighted by molar-refractivity contribution is 0.768. The SMILES string of the molecule is Cc1ncc(-c2ccc(-c3cnn(C)c3)cc2)c2nc(C#N)ccc12. The molecule has 0 atom stereocenters. The first-order valence-corrected chi connectivity index (χ1v) is 7.91. The maximum atomic E-state index is 9.16. The standard InChI is InChI=1S/C20H15N5/c1-13-18-8-7-17(9-21)24-20(18)19(11-22-13)15-5-3-14(4-6-15)16-10-23-25(2)12-16/h3-8,10-12H,1-2H3. The van der Waals surface area contributed by atoms with Crippen LogP contribution in [0.1, 0.15) is 11.4 Å². The van der Waals surface area contributed by atoms with Crippen LogP contribution >= 0.6 is 0 Å². The van der Waals surface area contributed by atoms with E-state index in [1.54, 1.807) is 10.7 Å². The van der Waals surface area contributed by atoms with Crippen molar-refractivity contribution in [3.05, 3.63) is 66.4 Å². The molecule has 0 radical (unpaired) electrons. The summed E-state index contributed by atoms with van der Waals surface area (Å²) >= 11 is 0. The molecule has 0 saturated carbocycles. The van der Waals surface area contributed by atoms with Gasteiger partial charge in [-0.15, -0.1) is 0 Å². The Hall–Kier alpha value is -3.52. The van der Waals surface area contributed by atoms with Gasteiger partial charge in [-0.3, -0.25) is 9.67 Å². The first-order chi connectivity index (χ1) is 12.2. The molecular formula is C20H15N5. The van der Waals surface area contributed by atoms with Crippen molar-refractivity contribution in [3.8, 4) is 28.3 Å². The van der Waals surface area contributed by atoms with E-state index in [9.17, 15) is 0 Å². The third-order valence-corrected chi connectivity index (χ3v) is 4.28. The summed E-state index contributed by atoms with van der Waals surface area (Å²) in [5, 5.41) is 14.3. The maximum Gasteiger partial charge on any atom is 0.141 e. The second-order valence-corrected chi connectivity index (χ2v) is 5.94. The van der Waals surface area contributed by atoms with Crippen LogP contribution in [-0.4, -0.2) is 19.7 Å². The molecule has 120 valence electrons. The van der Waals surface area contributed by atoms with Gasteiger partial charge in [0, 0.05) is 41.6 Å². The van der Waals surface area contributed by atoms with Crippen LogP contribution in [0.4, 0.5) is 0 Å². The van der Waals surface area contributed by atoms with Gasteiger partial charge in [0.25, 0.3) is 0 Å². The van der Waals surface area contributed by atoms with Crippen molar-refractivity contribution in [1.29, 1.82) is 5.26 Å². The number of pyridine rings is 2. The summed E-state index contributed by atoms with van der Waals surface area (Å²) < 4.78 is 1.79. The van der Waals surface area contributed by atoms with Crippen LogP contribution in [0.15, 0.2) is 55.0 Å². The van der Waals surface area contributed by atoms with Crippen LogP contribution in [0.25, 0.3) is 33.2 Å². The van der Waals surface area contributed by atoms with Gasteiger partial charge < -0.3 is 0 Å². The van der Waals surface area contributed by atoms with E-state index in [0.717, 1.165) is 38.9 Å². The number of hydrogen-bond donors (Lipinski definition) is 0. The lowest BCUT2D eigenvalue weighted by Crippen LogP contribution is -1.93. The van der Waals surface area contributed by atoms with Crippen LogP contribution in [-0.2, 0) is 7.05 Å². The molecule has 25 heavy (non-hydrogen) atoms. The van der Waals surface area contributed by atoms with Gasteiger partial charge in [-0.05, 0) is 30.2 Å². The van der Waals surface area contributed by atoms with Gasteiger partial charge in [0.05, 0.1) is 11.7 Å². The van der Waals surface area contributed by atoms with E-state index in [4.69, 9.17) is 5.26 Å². The molecule has 3 heterocycles. The second-order valence-electron chi connectivity index (χ2n) is 5.94. The van der Waals surface area contributed by atoms with E-state index in [1.165, 1.54) is 0 Å². The van der Waals surface area contributed by atoms with Gasteiger partial charge >= 0.3 is 0 Å². The molecule has 5 heteroatoms. The first kappa shape index (κ1) is 15.0. The highest BCUT2D eigenvalue weighted by molar-refractivity contribution is 5.94. The lowest BCUT2D eigenvalue weighted by Gasteiger charge is -2.09. The van der Waals surface area contributed by atoms with E-state index in [-0.39, 0.29) is 0 Å². The van der Waals surface area contributed by atoms with Crippen molar-refractivity contribution < 1.29 is 0 Å². The summed E-state index contributed by atoms with van der Waals surface area (Å²) in [4.78, 5) is 8.99. The third kappa shape index (κ3) is 2.64. The fourth-order valence-electron chi connectivity index (χ4n) is 2.93. The zero-order valence-corrected chi connectivity index (χ0v) is 13.9. The van der Waals surface area contributed by atoms with Crippen molar-refractivity contribution in [3.63, 3.8) is 0 Å². The van der Waals surface area contributed by atoms with Gasteiger partial charge in [0.15, 0.2) is 0 Å². The number of rotatable bonds is 2. The van der Waals surface area contributed by atoms with Crippen LogP contribution in [0, 0.1) is 18.3 Å². The molecule has 0 unspecified atom stereocenters. The molecular weight excluding hydrogens is 310 g/mol. The minimum Gasteiger partial charge on any atom is -0.275 e. The third-order valence-electron chi connectivity index (χ3n) is 4.28. The highest BCUT2D eigenvalue weighted by atomic mass is 15.2. The molecule has 5 nitrogen and oxygen atoms in total. The van der Waals surface area contributed by atoms with Crippen molar-refractivity contribution in [1.82, 2.24) is 19.7 Å². The number of hydrogen-bond acceptors (Lipinski definition) is 4. The summed E-state index contributed by atoms with van der Waals surface area (Å²) in [6, 6.07) is 14.0. The summed E-state index contributed by atoms with van der Waals surface area (Å²) in [5.41, 5.74) is 6.25. The van der Waals surface area contributed by atoms with Gasteiger partial charge in [-0.1, -0.05) is 24.3 Å². The minimum absolute atomic E-state index is 0.409. The zero-order valence-electron chi connectivity index (χ0n) is 13.9. The zero-order chi connectivity index (χ0) is 17.4.